The minimum Gasteiger partial charge on any atom is -0.494 e. The number of hydrogen-bond acceptors (Lipinski definition) is 4. The fraction of sp³-hybridized carbons (Fsp3) is 0.286. The summed E-state index contributed by atoms with van der Waals surface area (Å²) in [6.45, 7) is 4.00. The second kappa shape index (κ2) is 6.59. The number of benzene rings is 1. The van der Waals surface area contributed by atoms with E-state index in [-0.39, 0.29) is 5.97 Å². The van der Waals surface area contributed by atoms with Crippen molar-refractivity contribution in [2.75, 3.05) is 14.2 Å². The van der Waals surface area contributed by atoms with E-state index in [1.165, 1.54) is 7.11 Å². The highest BCUT2D eigenvalue weighted by atomic mass is 16.5. The minimum atomic E-state index is -0.385. The van der Waals surface area contributed by atoms with Crippen LogP contribution in [0.15, 0.2) is 30.5 Å². The van der Waals surface area contributed by atoms with Gasteiger partial charge in [-0.25, -0.2) is 4.79 Å². The van der Waals surface area contributed by atoms with Crippen LogP contribution in [0.2, 0.25) is 0 Å². The lowest BCUT2D eigenvalue weighted by Crippen LogP contribution is -2.02. The minimum absolute atomic E-state index is 0.385. The number of aromatic nitrogens is 1. The topological polar surface area (TPSA) is 48.4 Å². The Balaban J connectivity index is 0.000000771. The highest BCUT2D eigenvalue weighted by Gasteiger charge is 2.11. The molecule has 2 aromatic rings. The zero-order valence-corrected chi connectivity index (χ0v) is 11.1. The number of hydrogen-bond donors (Lipinski definition) is 0. The van der Waals surface area contributed by atoms with Gasteiger partial charge >= 0.3 is 5.97 Å². The Bertz CT molecular complexity index is 538. The summed E-state index contributed by atoms with van der Waals surface area (Å²) in [5.74, 6) is 0.183. The molecule has 1 aromatic carbocycles. The summed E-state index contributed by atoms with van der Waals surface area (Å²) in [5.41, 5.74) is 1.19. The van der Waals surface area contributed by atoms with Crippen molar-refractivity contribution >= 4 is 16.9 Å². The van der Waals surface area contributed by atoms with Crippen LogP contribution in [0.1, 0.15) is 24.2 Å². The van der Waals surface area contributed by atoms with Crippen LogP contribution in [0.4, 0.5) is 0 Å². The van der Waals surface area contributed by atoms with Gasteiger partial charge in [0.25, 0.3) is 0 Å². The van der Waals surface area contributed by atoms with Gasteiger partial charge in [-0.1, -0.05) is 19.9 Å². The normalized spacial score (nSPS) is 9.33. The molecule has 0 fully saturated rings. The van der Waals surface area contributed by atoms with Crippen molar-refractivity contribution in [3.8, 4) is 5.75 Å². The van der Waals surface area contributed by atoms with E-state index in [0.717, 1.165) is 10.9 Å². The second-order valence-corrected chi connectivity index (χ2v) is 3.25. The van der Waals surface area contributed by atoms with Crippen molar-refractivity contribution < 1.29 is 14.3 Å². The largest absolute Gasteiger partial charge is 0.494 e. The lowest BCUT2D eigenvalue weighted by atomic mass is 10.1. The molecule has 4 nitrogen and oxygen atoms in total. The maximum absolute atomic E-state index is 11.4. The standard InChI is InChI=1S/C12H11NO3.C2H6/c1-15-10-7-9(12(14)16-2)6-8-4-3-5-13-11(8)10;1-2/h3-7H,1-2H3;1-2H3. The summed E-state index contributed by atoms with van der Waals surface area (Å²) in [5, 5.41) is 0.849. The van der Waals surface area contributed by atoms with Crippen molar-refractivity contribution in [2.45, 2.75) is 13.8 Å². The Hall–Kier alpha value is -2.10. The molecule has 0 radical (unpaired) electrons. The van der Waals surface area contributed by atoms with Gasteiger partial charge in [-0.05, 0) is 18.2 Å². The first-order valence-electron chi connectivity index (χ1n) is 5.77. The maximum atomic E-state index is 11.4. The zero-order chi connectivity index (χ0) is 13.5. The van der Waals surface area contributed by atoms with Gasteiger partial charge in [0.1, 0.15) is 11.3 Å². The first kappa shape index (κ1) is 14.0. The van der Waals surface area contributed by atoms with E-state index in [4.69, 9.17) is 4.74 Å². The Morgan fingerprint density at radius 2 is 1.94 bits per heavy atom. The van der Waals surface area contributed by atoms with Crippen LogP contribution < -0.4 is 4.74 Å². The maximum Gasteiger partial charge on any atom is 0.338 e. The van der Waals surface area contributed by atoms with Crippen LogP contribution in [0.3, 0.4) is 0 Å². The monoisotopic (exact) mass is 247 g/mol. The van der Waals surface area contributed by atoms with E-state index in [2.05, 4.69) is 9.72 Å². The van der Waals surface area contributed by atoms with Crippen molar-refractivity contribution in [3.05, 3.63) is 36.0 Å². The average molecular weight is 247 g/mol. The summed E-state index contributed by atoms with van der Waals surface area (Å²) in [6, 6.07) is 7.04. The Kier molecular flexibility index (Phi) is 5.11. The van der Waals surface area contributed by atoms with E-state index in [0.29, 0.717) is 11.3 Å². The van der Waals surface area contributed by atoms with Crippen LogP contribution in [-0.4, -0.2) is 25.2 Å². The third kappa shape index (κ3) is 2.77. The molecular formula is C14H17NO3. The molecule has 4 heteroatoms. The smallest absolute Gasteiger partial charge is 0.338 e. The zero-order valence-electron chi connectivity index (χ0n) is 11.1. The fourth-order valence-electron chi connectivity index (χ4n) is 1.55. The van der Waals surface area contributed by atoms with Crippen molar-refractivity contribution in [1.82, 2.24) is 4.98 Å². The van der Waals surface area contributed by atoms with Crippen LogP contribution >= 0.6 is 0 Å². The first-order valence-corrected chi connectivity index (χ1v) is 5.77. The van der Waals surface area contributed by atoms with Gasteiger partial charge in [0.05, 0.1) is 19.8 Å². The summed E-state index contributed by atoms with van der Waals surface area (Å²) in [6.07, 6.45) is 1.68. The van der Waals surface area contributed by atoms with Crippen LogP contribution in [0.5, 0.6) is 5.75 Å². The molecule has 0 unspecified atom stereocenters. The molecule has 0 saturated heterocycles. The first-order chi connectivity index (χ1) is 8.76. The van der Waals surface area contributed by atoms with Crippen molar-refractivity contribution in [3.63, 3.8) is 0 Å². The number of nitrogens with zero attached hydrogens (tertiary/aromatic N) is 1. The molecule has 0 N–H and O–H groups in total. The highest BCUT2D eigenvalue weighted by molar-refractivity contribution is 5.96. The van der Waals surface area contributed by atoms with Gasteiger partial charge in [-0.3, -0.25) is 4.98 Å². The third-order valence-corrected chi connectivity index (χ3v) is 2.31. The van der Waals surface area contributed by atoms with Crippen LogP contribution in [0, 0.1) is 0 Å². The van der Waals surface area contributed by atoms with E-state index >= 15 is 0 Å². The SMILES string of the molecule is CC.COC(=O)c1cc(OC)c2ncccc2c1. The number of ether oxygens (including phenoxy) is 2. The molecule has 0 amide bonds. The van der Waals surface area contributed by atoms with Gasteiger partial charge in [0, 0.05) is 11.6 Å². The van der Waals surface area contributed by atoms with Crippen molar-refractivity contribution in [1.29, 1.82) is 0 Å². The number of rotatable bonds is 2. The molecule has 0 saturated carbocycles. The summed E-state index contributed by atoms with van der Waals surface area (Å²) < 4.78 is 9.86. The number of carbonyl (C=O) groups excluding carboxylic acids is 1. The Morgan fingerprint density at radius 1 is 1.22 bits per heavy atom. The molecule has 0 bridgehead atoms. The molecule has 18 heavy (non-hydrogen) atoms. The summed E-state index contributed by atoms with van der Waals surface area (Å²) in [7, 11) is 2.90. The molecule has 0 aliphatic heterocycles. The Labute approximate surface area is 107 Å². The van der Waals surface area contributed by atoms with E-state index in [1.807, 2.05) is 26.0 Å². The van der Waals surface area contributed by atoms with Crippen LogP contribution in [-0.2, 0) is 4.74 Å². The lowest BCUT2D eigenvalue weighted by molar-refractivity contribution is 0.0600. The third-order valence-electron chi connectivity index (χ3n) is 2.31. The molecule has 0 atom stereocenters. The highest BCUT2D eigenvalue weighted by Crippen LogP contribution is 2.25. The van der Waals surface area contributed by atoms with E-state index in [9.17, 15) is 4.79 Å². The van der Waals surface area contributed by atoms with Gasteiger partial charge in [0.15, 0.2) is 0 Å². The van der Waals surface area contributed by atoms with E-state index < -0.39 is 0 Å². The number of esters is 1. The molecular weight excluding hydrogens is 230 g/mol. The van der Waals surface area contributed by atoms with Gasteiger partial charge < -0.3 is 9.47 Å². The molecule has 0 aliphatic carbocycles. The molecule has 0 aliphatic rings. The van der Waals surface area contributed by atoms with Gasteiger partial charge in [0.2, 0.25) is 0 Å². The van der Waals surface area contributed by atoms with Crippen LogP contribution in [0.25, 0.3) is 10.9 Å². The Morgan fingerprint density at radius 3 is 2.56 bits per heavy atom. The molecule has 1 aromatic heterocycles. The number of fused-ring (bicyclic) bond motifs is 1. The quantitative estimate of drug-likeness (QED) is 0.765. The molecule has 2 rings (SSSR count). The number of pyridine rings is 1. The predicted molar refractivity (Wildman–Crippen MR) is 71.0 cm³/mol. The predicted octanol–water partition coefficient (Wildman–Crippen LogP) is 3.06. The average Bonchev–Trinajstić information content (AvgIpc) is 2.47. The van der Waals surface area contributed by atoms with Crippen molar-refractivity contribution in [2.24, 2.45) is 0 Å². The fourth-order valence-corrected chi connectivity index (χ4v) is 1.55. The van der Waals surface area contributed by atoms with Gasteiger partial charge in [-0.2, -0.15) is 0 Å². The second-order valence-electron chi connectivity index (χ2n) is 3.25. The van der Waals surface area contributed by atoms with E-state index in [1.54, 1.807) is 25.4 Å². The molecule has 0 spiro atoms. The molecule has 96 valence electrons. The number of methoxy groups -OCH3 is 2. The number of carbonyl (C=O) groups is 1. The molecule has 1 heterocycles. The summed E-state index contributed by atoms with van der Waals surface area (Å²) in [4.78, 5) is 15.6. The summed E-state index contributed by atoms with van der Waals surface area (Å²) >= 11 is 0. The van der Waals surface area contributed by atoms with Gasteiger partial charge in [-0.15, -0.1) is 0 Å². The lowest BCUT2D eigenvalue weighted by Gasteiger charge is -2.06.